The molecule has 0 spiro atoms. The molecule has 0 unspecified atom stereocenters. The van der Waals surface area contributed by atoms with Crippen molar-refractivity contribution in [3.63, 3.8) is 0 Å². The van der Waals surface area contributed by atoms with Crippen LogP contribution >= 0.6 is 11.8 Å². The summed E-state index contributed by atoms with van der Waals surface area (Å²) >= 11 is 2.25. The predicted octanol–water partition coefficient (Wildman–Crippen LogP) is 5.51. The highest BCUT2D eigenvalue weighted by Gasteiger charge is 2.29. The maximum absolute atomic E-state index is 2.41. The second-order valence-corrected chi connectivity index (χ2v) is 7.83. The fourth-order valence-electron chi connectivity index (χ4n) is 2.70. The van der Waals surface area contributed by atoms with Gasteiger partial charge in [-0.25, -0.2) is 0 Å². The molecule has 0 N–H and O–H groups in total. The van der Waals surface area contributed by atoms with Crippen LogP contribution in [0.15, 0.2) is 0 Å². The van der Waals surface area contributed by atoms with Gasteiger partial charge in [0.2, 0.25) is 0 Å². The molecule has 0 nitrogen and oxygen atoms in total. The van der Waals surface area contributed by atoms with Crippen molar-refractivity contribution >= 4 is 11.8 Å². The van der Waals surface area contributed by atoms with E-state index in [4.69, 9.17) is 0 Å². The Morgan fingerprint density at radius 2 is 1.62 bits per heavy atom. The van der Waals surface area contributed by atoms with Crippen LogP contribution in [0.4, 0.5) is 0 Å². The summed E-state index contributed by atoms with van der Waals surface area (Å²) in [5.41, 5.74) is 0.540. The lowest BCUT2D eigenvalue weighted by Crippen LogP contribution is -2.26. The SMILES string of the molecule is CCCCCSC1CCC(C(C)(C)C)CC1. The molecule has 0 bridgehead atoms. The molecule has 1 fully saturated rings. The van der Waals surface area contributed by atoms with E-state index in [1.54, 1.807) is 0 Å². The molecule has 1 heteroatoms. The van der Waals surface area contributed by atoms with E-state index >= 15 is 0 Å². The summed E-state index contributed by atoms with van der Waals surface area (Å²) in [6.45, 7) is 9.52. The molecule has 16 heavy (non-hydrogen) atoms. The first-order valence-corrected chi connectivity index (χ1v) is 8.20. The topological polar surface area (TPSA) is 0 Å². The van der Waals surface area contributed by atoms with Gasteiger partial charge in [0, 0.05) is 5.25 Å². The highest BCUT2D eigenvalue weighted by molar-refractivity contribution is 7.99. The molecule has 96 valence electrons. The number of thioether (sulfide) groups is 1. The predicted molar refractivity (Wildman–Crippen MR) is 77.2 cm³/mol. The van der Waals surface area contributed by atoms with Crippen LogP contribution in [-0.4, -0.2) is 11.0 Å². The zero-order chi connectivity index (χ0) is 12.0. The number of rotatable bonds is 5. The smallest absolute Gasteiger partial charge is 0.00472 e. The lowest BCUT2D eigenvalue weighted by molar-refractivity contribution is 0.182. The summed E-state index contributed by atoms with van der Waals surface area (Å²) < 4.78 is 0. The van der Waals surface area contributed by atoms with E-state index in [1.165, 1.54) is 50.7 Å². The monoisotopic (exact) mass is 242 g/mol. The molecule has 0 atom stereocenters. The average Bonchev–Trinajstić information content (AvgIpc) is 2.24. The molecule has 0 aromatic carbocycles. The van der Waals surface area contributed by atoms with Gasteiger partial charge in [0.1, 0.15) is 0 Å². The summed E-state index contributed by atoms with van der Waals surface area (Å²) in [7, 11) is 0. The van der Waals surface area contributed by atoms with E-state index in [0.717, 1.165) is 11.2 Å². The van der Waals surface area contributed by atoms with Gasteiger partial charge in [0.05, 0.1) is 0 Å². The summed E-state index contributed by atoms with van der Waals surface area (Å²) in [5.74, 6) is 2.37. The van der Waals surface area contributed by atoms with Crippen LogP contribution in [0.1, 0.15) is 72.6 Å². The highest BCUT2D eigenvalue weighted by atomic mass is 32.2. The van der Waals surface area contributed by atoms with Gasteiger partial charge < -0.3 is 0 Å². The van der Waals surface area contributed by atoms with Crippen molar-refractivity contribution in [3.05, 3.63) is 0 Å². The molecule has 0 radical (unpaired) electrons. The van der Waals surface area contributed by atoms with Crippen LogP contribution in [0, 0.1) is 11.3 Å². The van der Waals surface area contributed by atoms with Crippen molar-refractivity contribution in [1.82, 2.24) is 0 Å². The van der Waals surface area contributed by atoms with Crippen LogP contribution in [0.3, 0.4) is 0 Å². The summed E-state index contributed by atoms with van der Waals surface area (Å²) in [6, 6.07) is 0. The van der Waals surface area contributed by atoms with E-state index in [-0.39, 0.29) is 0 Å². The Labute approximate surface area is 107 Å². The molecule has 1 rings (SSSR count). The van der Waals surface area contributed by atoms with Gasteiger partial charge >= 0.3 is 0 Å². The maximum atomic E-state index is 2.41. The van der Waals surface area contributed by atoms with E-state index in [2.05, 4.69) is 39.5 Å². The first-order chi connectivity index (χ1) is 7.54. The van der Waals surface area contributed by atoms with Crippen LogP contribution in [-0.2, 0) is 0 Å². The molecule has 0 heterocycles. The van der Waals surface area contributed by atoms with Crippen LogP contribution in [0.2, 0.25) is 0 Å². The Balaban J connectivity index is 2.12. The van der Waals surface area contributed by atoms with Gasteiger partial charge in [-0.1, -0.05) is 40.5 Å². The van der Waals surface area contributed by atoms with Crippen LogP contribution < -0.4 is 0 Å². The zero-order valence-corrected chi connectivity index (χ0v) is 12.5. The Kier molecular flexibility index (Phi) is 6.25. The third kappa shape index (κ3) is 5.12. The minimum absolute atomic E-state index is 0.540. The van der Waals surface area contributed by atoms with Crippen LogP contribution in [0.25, 0.3) is 0 Å². The normalized spacial score (nSPS) is 27.0. The first kappa shape index (κ1) is 14.4. The van der Waals surface area contributed by atoms with Gasteiger partial charge in [0.25, 0.3) is 0 Å². The molecule has 0 aliphatic heterocycles. The summed E-state index contributed by atoms with van der Waals surface area (Å²) in [4.78, 5) is 0. The Morgan fingerprint density at radius 1 is 1.00 bits per heavy atom. The lowest BCUT2D eigenvalue weighted by atomic mass is 9.72. The van der Waals surface area contributed by atoms with Gasteiger partial charge in [0.15, 0.2) is 0 Å². The number of hydrogen-bond donors (Lipinski definition) is 0. The van der Waals surface area contributed by atoms with Crippen molar-refractivity contribution in [2.24, 2.45) is 11.3 Å². The van der Waals surface area contributed by atoms with E-state index in [0.29, 0.717) is 5.41 Å². The minimum atomic E-state index is 0.540. The van der Waals surface area contributed by atoms with Crippen molar-refractivity contribution in [2.75, 3.05) is 5.75 Å². The number of unbranched alkanes of at least 4 members (excludes halogenated alkanes) is 2. The molecule has 1 saturated carbocycles. The first-order valence-electron chi connectivity index (χ1n) is 7.15. The fraction of sp³-hybridized carbons (Fsp3) is 1.00. The fourth-order valence-corrected chi connectivity index (χ4v) is 4.01. The molecular formula is C15H30S. The second-order valence-electron chi connectivity index (χ2n) is 6.42. The molecule has 0 aromatic heterocycles. The van der Waals surface area contributed by atoms with E-state index in [1.807, 2.05) is 0 Å². The lowest BCUT2D eigenvalue weighted by Gasteiger charge is -2.36. The average molecular weight is 242 g/mol. The molecule has 0 aromatic rings. The summed E-state index contributed by atoms with van der Waals surface area (Å²) in [5, 5.41) is 0.982. The van der Waals surface area contributed by atoms with Crippen LogP contribution in [0.5, 0.6) is 0 Å². The second kappa shape index (κ2) is 6.93. The Hall–Kier alpha value is 0.350. The summed E-state index contributed by atoms with van der Waals surface area (Å²) in [6.07, 6.45) is 10.1. The molecule has 1 aliphatic rings. The van der Waals surface area contributed by atoms with Crippen molar-refractivity contribution in [1.29, 1.82) is 0 Å². The Morgan fingerprint density at radius 3 is 2.12 bits per heavy atom. The highest BCUT2D eigenvalue weighted by Crippen LogP contribution is 2.40. The number of hydrogen-bond acceptors (Lipinski definition) is 1. The standard InChI is InChI=1S/C15H30S/c1-5-6-7-12-16-14-10-8-13(9-11-14)15(2,3)4/h13-14H,5-12H2,1-4H3. The van der Waals surface area contributed by atoms with Gasteiger partial charge in [-0.15, -0.1) is 0 Å². The van der Waals surface area contributed by atoms with E-state index < -0.39 is 0 Å². The van der Waals surface area contributed by atoms with Crippen molar-refractivity contribution in [3.8, 4) is 0 Å². The third-order valence-corrected chi connectivity index (χ3v) is 5.47. The molecule has 1 aliphatic carbocycles. The third-order valence-electron chi connectivity index (χ3n) is 4.00. The minimum Gasteiger partial charge on any atom is -0.159 e. The molecular weight excluding hydrogens is 212 g/mol. The quantitative estimate of drug-likeness (QED) is 0.572. The largest absolute Gasteiger partial charge is 0.159 e. The Bertz CT molecular complexity index is 172. The van der Waals surface area contributed by atoms with Gasteiger partial charge in [-0.2, -0.15) is 11.8 Å². The van der Waals surface area contributed by atoms with Crippen molar-refractivity contribution in [2.45, 2.75) is 77.9 Å². The molecule has 0 saturated heterocycles. The van der Waals surface area contributed by atoms with Crippen molar-refractivity contribution < 1.29 is 0 Å². The van der Waals surface area contributed by atoms with Gasteiger partial charge in [-0.05, 0) is 49.2 Å². The van der Waals surface area contributed by atoms with Gasteiger partial charge in [-0.3, -0.25) is 0 Å². The van der Waals surface area contributed by atoms with E-state index in [9.17, 15) is 0 Å². The maximum Gasteiger partial charge on any atom is 0.00472 e. The molecule has 0 amide bonds. The zero-order valence-electron chi connectivity index (χ0n) is 11.7.